The summed E-state index contributed by atoms with van der Waals surface area (Å²) >= 11 is 0. The SMILES string of the molecule is COc1ccc2nccc(C[C@H](O)[C@@H]3CC[C@@H](NC/C=C/c4cc(F)ccc4F)[C@@H](CC(=O)NC4CC4)O3)c2n1. The van der Waals surface area contributed by atoms with Crippen molar-refractivity contribution >= 4 is 23.0 Å². The molecule has 3 N–H and O–H groups in total. The molecular weight excluding hydrogens is 518 g/mol. The Bertz CT molecular complexity index is 1370. The van der Waals surface area contributed by atoms with Crippen molar-refractivity contribution in [1.29, 1.82) is 0 Å². The number of rotatable bonds is 11. The van der Waals surface area contributed by atoms with Crippen LogP contribution in [-0.4, -0.2) is 65.0 Å². The Morgan fingerprint density at radius 3 is 2.85 bits per heavy atom. The second kappa shape index (κ2) is 12.8. The maximum atomic E-state index is 13.9. The van der Waals surface area contributed by atoms with Crippen LogP contribution in [-0.2, 0) is 16.0 Å². The summed E-state index contributed by atoms with van der Waals surface area (Å²) in [7, 11) is 1.55. The summed E-state index contributed by atoms with van der Waals surface area (Å²) in [5.41, 5.74) is 2.37. The molecule has 2 fully saturated rings. The van der Waals surface area contributed by atoms with Gasteiger partial charge in [0.25, 0.3) is 0 Å². The molecule has 2 aliphatic rings. The number of aliphatic hydroxyl groups is 1. The maximum absolute atomic E-state index is 13.9. The number of nitrogens with one attached hydrogen (secondary N) is 2. The van der Waals surface area contributed by atoms with E-state index < -0.39 is 29.9 Å². The van der Waals surface area contributed by atoms with Crippen molar-refractivity contribution in [3.63, 3.8) is 0 Å². The number of pyridine rings is 2. The third-order valence-electron chi connectivity index (χ3n) is 7.35. The molecule has 40 heavy (non-hydrogen) atoms. The molecule has 1 saturated carbocycles. The van der Waals surface area contributed by atoms with E-state index in [9.17, 15) is 18.7 Å². The van der Waals surface area contributed by atoms with Gasteiger partial charge >= 0.3 is 0 Å². The molecule has 2 aromatic heterocycles. The number of nitrogens with zero attached hydrogens (tertiary/aromatic N) is 2. The van der Waals surface area contributed by atoms with Crippen molar-refractivity contribution in [2.45, 2.75) is 68.9 Å². The standard InChI is InChI=1S/C30H34F2N4O4/c1-39-29-11-9-24-30(36-29)19(12-14-34-24)16-25(37)26-10-8-23(27(40-26)17-28(38)35-21-5-6-21)33-13-2-3-18-15-20(31)4-7-22(18)32/h2-4,7,9,11-12,14-15,21,23,25-27,33,37H,5-6,8,10,13,16-17H2,1H3,(H,35,38)/b3-2+/t23-,25+,26+,27-/m1/s1. The summed E-state index contributed by atoms with van der Waals surface area (Å²) < 4.78 is 39.0. The Morgan fingerprint density at radius 2 is 2.05 bits per heavy atom. The summed E-state index contributed by atoms with van der Waals surface area (Å²) in [6.07, 6.45) is 6.90. The molecule has 3 heterocycles. The molecule has 0 radical (unpaired) electrons. The van der Waals surface area contributed by atoms with E-state index >= 15 is 0 Å². The fourth-order valence-corrected chi connectivity index (χ4v) is 5.06. The monoisotopic (exact) mass is 552 g/mol. The summed E-state index contributed by atoms with van der Waals surface area (Å²) in [5, 5.41) is 17.6. The van der Waals surface area contributed by atoms with Crippen molar-refractivity contribution in [2.75, 3.05) is 13.7 Å². The van der Waals surface area contributed by atoms with Crippen LogP contribution in [0.15, 0.2) is 48.7 Å². The third kappa shape index (κ3) is 7.18. The zero-order valence-electron chi connectivity index (χ0n) is 22.4. The molecule has 212 valence electrons. The lowest BCUT2D eigenvalue weighted by Crippen LogP contribution is -2.51. The Morgan fingerprint density at radius 1 is 1.20 bits per heavy atom. The van der Waals surface area contributed by atoms with Gasteiger partial charge in [0, 0.05) is 42.9 Å². The minimum absolute atomic E-state index is 0.0803. The lowest BCUT2D eigenvalue weighted by Gasteiger charge is -2.38. The predicted octanol–water partition coefficient (Wildman–Crippen LogP) is 3.71. The Labute approximate surface area is 231 Å². The van der Waals surface area contributed by atoms with Crippen LogP contribution in [0.3, 0.4) is 0 Å². The topological polar surface area (TPSA) is 106 Å². The molecule has 1 aromatic carbocycles. The second-order valence-electron chi connectivity index (χ2n) is 10.4. The lowest BCUT2D eigenvalue weighted by atomic mass is 9.91. The highest BCUT2D eigenvalue weighted by Gasteiger charge is 2.36. The maximum Gasteiger partial charge on any atom is 0.222 e. The first-order valence-corrected chi connectivity index (χ1v) is 13.7. The number of aromatic nitrogens is 2. The lowest BCUT2D eigenvalue weighted by molar-refractivity contribution is -0.138. The third-order valence-corrected chi connectivity index (χ3v) is 7.35. The fraction of sp³-hybridized carbons (Fsp3) is 0.433. The number of ether oxygens (including phenoxy) is 2. The Hall–Kier alpha value is -3.47. The highest BCUT2D eigenvalue weighted by atomic mass is 19.1. The van der Waals surface area contributed by atoms with Crippen LogP contribution in [0.5, 0.6) is 5.88 Å². The highest BCUT2D eigenvalue weighted by Crippen LogP contribution is 2.28. The number of hydrogen-bond acceptors (Lipinski definition) is 7. The molecule has 10 heteroatoms. The summed E-state index contributed by atoms with van der Waals surface area (Å²) in [6, 6.07) is 8.81. The number of amides is 1. The van der Waals surface area contributed by atoms with Gasteiger partial charge in [0.15, 0.2) is 0 Å². The first-order chi connectivity index (χ1) is 19.4. The number of fused-ring (bicyclic) bond motifs is 1. The van der Waals surface area contributed by atoms with Gasteiger partial charge in [-0.2, -0.15) is 0 Å². The average molecular weight is 553 g/mol. The minimum atomic E-state index is -0.815. The molecule has 0 unspecified atom stereocenters. The summed E-state index contributed by atoms with van der Waals surface area (Å²) in [4.78, 5) is 21.5. The van der Waals surface area contributed by atoms with E-state index in [1.165, 1.54) is 6.08 Å². The van der Waals surface area contributed by atoms with Crippen molar-refractivity contribution in [2.24, 2.45) is 0 Å². The smallest absolute Gasteiger partial charge is 0.222 e. The zero-order chi connectivity index (χ0) is 28.1. The Balaban J connectivity index is 1.24. The van der Waals surface area contributed by atoms with Gasteiger partial charge in [0.05, 0.1) is 42.9 Å². The molecule has 1 amide bonds. The highest BCUT2D eigenvalue weighted by molar-refractivity contribution is 5.78. The second-order valence-corrected chi connectivity index (χ2v) is 10.4. The molecular formula is C30H34F2N4O4. The molecule has 0 spiro atoms. The fourth-order valence-electron chi connectivity index (χ4n) is 5.06. The van der Waals surface area contributed by atoms with Crippen LogP contribution < -0.4 is 15.4 Å². The van der Waals surface area contributed by atoms with Gasteiger partial charge in [-0.3, -0.25) is 9.78 Å². The van der Waals surface area contributed by atoms with E-state index in [0.29, 0.717) is 42.7 Å². The van der Waals surface area contributed by atoms with Gasteiger partial charge in [-0.1, -0.05) is 12.2 Å². The van der Waals surface area contributed by atoms with Crippen molar-refractivity contribution in [3.8, 4) is 5.88 Å². The quantitative estimate of drug-likeness (QED) is 0.333. The molecule has 1 aliphatic carbocycles. The van der Waals surface area contributed by atoms with Crippen molar-refractivity contribution in [1.82, 2.24) is 20.6 Å². The van der Waals surface area contributed by atoms with Crippen LogP contribution in [0.4, 0.5) is 8.78 Å². The van der Waals surface area contributed by atoms with Crippen LogP contribution in [0.1, 0.15) is 43.2 Å². The van der Waals surface area contributed by atoms with Crippen LogP contribution in [0, 0.1) is 11.6 Å². The van der Waals surface area contributed by atoms with Gasteiger partial charge in [-0.15, -0.1) is 0 Å². The van der Waals surface area contributed by atoms with Crippen LogP contribution >= 0.6 is 0 Å². The first-order valence-electron chi connectivity index (χ1n) is 13.7. The van der Waals surface area contributed by atoms with E-state index in [2.05, 4.69) is 20.6 Å². The predicted molar refractivity (Wildman–Crippen MR) is 147 cm³/mol. The number of aliphatic hydroxyl groups excluding tert-OH is 1. The van der Waals surface area contributed by atoms with Crippen molar-refractivity contribution < 1.29 is 28.2 Å². The van der Waals surface area contributed by atoms with E-state index in [-0.39, 0.29) is 30.0 Å². The summed E-state index contributed by atoms with van der Waals surface area (Å²) in [5.74, 6) is -0.616. The summed E-state index contributed by atoms with van der Waals surface area (Å²) in [6.45, 7) is 0.383. The molecule has 1 saturated heterocycles. The van der Waals surface area contributed by atoms with Gasteiger partial charge < -0.3 is 25.2 Å². The zero-order valence-corrected chi connectivity index (χ0v) is 22.4. The largest absolute Gasteiger partial charge is 0.481 e. The van der Waals surface area contributed by atoms with E-state index in [0.717, 1.165) is 36.6 Å². The molecule has 4 atom stereocenters. The molecule has 3 aromatic rings. The van der Waals surface area contributed by atoms with Gasteiger partial charge in [-0.05, 0) is 61.6 Å². The number of carbonyl (C=O) groups is 1. The Kier molecular flexibility index (Phi) is 8.98. The van der Waals surface area contributed by atoms with Gasteiger partial charge in [0.1, 0.15) is 11.6 Å². The van der Waals surface area contributed by atoms with Crippen LogP contribution in [0.25, 0.3) is 17.1 Å². The average Bonchev–Trinajstić information content (AvgIpc) is 3.77. The number of halogens is 2. The van der Waals surface area contributed by atoms with E-state index in [1.807, 2.05) is 12.1 Å². The molecule has 0 bridgehead atoms. The normalized spacial score (nSPS) is 21.9. The van der Waals surface area contributed by atoms with Crippen LogP contribution in [0.2, 0.25) is 0 Å². The number of hydrogen-bond donors (Lipinski definition) is 3. The van der Waals surface area contributed by atoms with E-state index in [4.69, 9.17) is 9.47 Å². The first kappa shape index (κ1) is 28.1. The van der Waals surface area contributed by atoms with Gasteiger partial charge in [0.2, 0.25) is 11.8 Å². The molecule has 8 nitrogen and oxygen atoms in total. The molecule has 1 aliphatic heterocycles. The van der Waals surface area contributed by atoms with E-state index in [1.54, 1.807) is 25.4 Å². The number of benzene rings is 1. The number of carbonyl (C=O) groups excluding carboxylic acids is 1. The molecule has 5 rings (SSSR count). The van der Waals surface area contributed by atoms with Gasteiger partial charge in [-0.25, -0.2) is 13.8 Å². The van der Waals surface area contributed by atoms with Crippen molar-refractivity contribution in [3.05, 3.63) is 71.4 Å². The number of methoxy groups -OCH3 is 1. The minimum Gasteiger partial charge on any atom is -0.481 e.